The molecule has 1 radical (unpaired) electrons. The van der Waals surface area contributed by atoms with E-state index in [-0.39, 0.29) is 16.8 Å². The third-order valence-corrected chi connectivity index (χ3v) is 2.48. The van der Waals surface area contributed by atoms with Crippen molar-refractivity contribution in [3.63, 3.8) is 0 Å². The Bertz CT molecular complexity index is 634. The monoisotopic (exact) mass is 230 g/mol. The van der Waals surface area contributed by atoms with Crippen molar-refractivity contribution < 1.29 is 19.8 Å². The van der Waals surface area contributed by atoms with Crippen molar-refractivity contribution in [1.82, 2.24) is 5.73 Å². The summed E-state index contributed by atoms with van der Waals surface area (Å²) in [6.45, 7) is 0. The van der Waals surface area contributed by atoms with Gasteiger partial charge in [0.15, 0.2) is 0 Å². The number of aromatic carboxylic acids is 2. The highest BCUT2D eigenvalue weighted by Gasteiger charge is 2.14. The molecule has 0 saturated carbocycles. The highest BCUT2D eigenvalue weighted by atomic mass is 16.4. The van der Waals surface area contributed by atoms with Crippen molar-refractivity contribution in [1.29, 1.82) is 0 Å². The normalized spacial score (nSPS) is 10.4. The minimum atomic E-state index is -1.19. The molecule has 0 aliphatic heterocycles. The first-order chi connectivity index (χ1) is 8.00. The highest BCUT2D eigenvalue weighted by molar-refractivity contribution is 6.09. The molecule has 0 spiro atoms. The number of hydrogen-bond donors (Lipinski definition) is 2. The molecule has 2 aromatic rings. The van der Waals surface area contributed by atoms with Crippen LogP contribution in [0.25, 0.3) is 10.8 Å². The molecular formula is C12H8NO4. The number of hydrogen-bond acceptors (Lipinski definition) is 2. The summed E-state index contributed by atoms with van der Waals surface area (Å²) in [4.78, 5) is 21.8. The molecule has 0 atom stereocenters. The van der Waals surface area contributed by atoms with E-state index in [0.29, 0.717) is 10.8 Å². The van der Waals surface area contributed by atoms with Crippen LogP contribution in [0.3, 0.4) is 0 Å². The Morgan fingerprint density at radius 1 is 1.00 bits per heavy atom. The number of benzene rings is 2. The van der Waals surface area contributed by atoms with E-state index in [9.17, 15) is 9.59 Å². The average Bonchev–Trinajstić information content (AvgIpc) is 2.27. The van der Waals surface area contributed by atoms with Gasteiger partial charge < -0.3 is 10.2 Å². The van der Waals surface area contributed by atoms with E-state index in [4.69, 9.17) is 15.9 Å². The first kappa shape index (κ1) is 10.9. The van der Waals surface area contributed by atoms with Crippen LogP contribution in [0, 0.1) is 0 Å². The largest absolute Gasteiger partial charge is 0.478 e. The van der Waals surface area contributed by atoms with Gasteiger partial charge in [0.2, 0.25) is 0 Å². The van der Waals surface area contributed by atoms with Gasteiger partial charge in [-0.1, -0.05) is 12.1 Å². The predicted molar refractivity (Wildman–Crippen MR) is 60.6 cm³/mol. The molecule has 3 N–H and O–H groups in total. The van der Waals surface area contributed by atoms with Crippen LogP contribution in [0.15, 0.2) is 30.3 Å². The number of nitrogens with one attached hydrogen (secondary N) is 1. The molecule has 0 heterocycles. The number of rotatable bonds is 2. The molecule has 0 amide bonds. The summed E-state index contributed by atoms with van der Waals surface area (Å²) in [6.07, 6.45) is 0. The van der Waals surface area contributed by atoms with Gasteiger partial charge in [0.05, 0.1) is 16.8 Å². The zero-order chi connectivity index (χ0) is 12.6. The van der Waals surface area contributed by atoms with Crippen molar-refractivity contribution in [3.05, 3.63) is 41.5 Å². The van der Waals surface area contributed by atoms with E-state index in [0.717, 1.165) is 0 Å². The van der Waals surface area contributed by atoms with Crippen molar-refractivity contribution >= 4 is 28.4 Å². The number of carboxylic acid groups (broad SMARTS) is 2. The first-order valence-electron chi connectivity index (χ1n) is 4.75. The van der Waals surface area contributed by atoms with Crippen LogP contribution in [-0.4, -0.2) is 22.2 Å². The molecule has 2 rings (SSSR count). The third kappa shape index (κ3) is 1.78. The lowest BCUT2D eigenvalue weighted by Gasteiger charge is -2.06. The highest BCUT2D eigenvalue weighted by Crippen LogP contribution is 2.26. The molecule has 5 heteroatoms. The van der Waals surface area contributed by atoms with E-state index in [1.165, 1.54) is 30.3 Å². The van der Waals surface area contributed by atoms with Crippen molar-refractivity contribution in [2.75, 3.05) is 0 Å². The zero-order valence-corrected chi connectivity index (χ0v) is 8.60. The Balaban J connectivity index is 2.79. The topological polar surface area (TPSA) is 98.4 Å². The average molecular weight is 230 g/mol. The summed E-state index contributed by atoms with van der Waals surface area (Å²) in [5.74, 6) is -2.26. The van der Waals surface area contributed by atoms with Gasteiger partial charge in [0.25, 0.3) is 0 Å². The quantitative estimate of drug-likeness (QED) is 0.825. The molecule has 0 unspecified atom stereocenters. The van der Waals surface area contributed by atoms with Gasteiger partial charge in [0, 0.05) is 0 Å². The first-order valence-corrected chi connectivity index (χ1v) is 4.75. The molecule has 0 aliphatic rings. The van der Waals surface area contributed by atoms with Crippen LogP contribution < -0.4 is 5.73 Å². The van der Waals surface area contributed by atoms with Gasteiger partial charge in [0.1, 0.15) is 0 Å². The summed E-state index contributed by atoms with van der Waals surface area (Å²) < 4.78 is 0. The molecule has 5 nitrogen and oxygen atoms in total. The third-order valence-electron chi connectivity index (χ3n) is 2.48. The molecule has 0 fully saturated rings. The van der Waals surface area contributed by atoms with E-state index >= 15 is 0 Å². The SMILES string of the molecule is [NH]c1ccc2cc(C(=O)O)ccc2c1C(=O)O. The van der Waals surface area contributed by atoms with Crippen molar-refractivity contribution in [3.8, 4) is 0 Å². The van der Waals surface area contributed by atoms with Gasteiger partial charge in [-0.2, -0.15) is 0 Å². The van der Waals surface area contributed by atoms with Crippen LogP contribution in [0.5, 0.6) is 0 Å². The van der Waals surface area contributed by atoms with Gasteiger partial charge in [-0.15, -0.1) is 0 Å². The predicted octanol–water partition coefficient (Wildman–Crippen LogP) is 2.15. The molecule has 85 valence electrons. The van der Waals surface area contributed by atoms with Crippen molar-refractivity contribution in [2.45, 2.75) is 0 Å². The Hall–Kier alpha value is -2.56. The summed E-state index contributed by atoms with van der Waals surface area (Å²) in [5, 5.41) is 18.7. The van der Waals surface area contributed by atoms with E-state index < -0.39 is 11.9 Å². The lowest BCUT2D eigenvalue weighted by atomic mass is 10.0. The standard InChI is InChI=1S/C12H8NO4/c13-9-4-2-6-5-7(11(14)15)1-3-8(6)10(9)12(16)17/h1-5,13H,(H,14,15)(H,16,17). The zero-order valence-electron chi connectivity index (χ0n) is 8.60. The van der Waals surface area contributed by atoms with Crippen molar-refractivity contribution in [2.24, 2.45) is 0 Å². The Kier molecular flexibility index (Phi) is 2.44. The van der Waals surface area contributed by atoms with Crippen LogP contribution in [0.2, 0.25) is 0 Å². The van der Waals surface area contributed by atoms with Gasteiger partial charge in [-0.05, 0) is 29.0 Å². The van der Waals surface area contributed by atoms with Crippen LogP contribution in [-0.2, 0) is 0 Å². The second-order valence-electron chi connectivity index (χ2n) is 3.53. The fraction of sp³-hybridized carbons (Fsp3) is 0. The lowest BCUT2D eigenvalue weighted by molar-refractivity contribution is 0.0688. The molecule has 17 heavy (non-hydrogen) atoms. The van der Waals surface area contributed by atoms with Crippen LogP contribution in [0.4, 0.5) is 5.69 Å². The second-order valence-corrected chi connectivity index (χ2v) is 3.53. The van der Waals surface area contributed by atoms with Gasteiger partial charge >= 0.3 is 11.9 Å². The summed E-state index contributed by atoms with van der Waals surface area (Å²) in [7, 11) is 0. The Labute approximate surface area is 96.1 Å². The Morgan fingerprint density at radius 2 is 1.71 bits per heavy atom. The summed E-state index contributed by atoms with van der Waals surface area (Å²) >= 11 is 0. The number of carboxylic acids is 2. The van der Waals surface area contributed by atoms with Gasteiger partial charge in [-0.3, -0.25) is 5.73 Å². The molecular weight excluding hydrogens is 222 g/mol. The fourth-order valence-electron chi connectivity index (χ4n) is 1.69. The second kappa shape index (κ2) is 3.79. The number of carbonyl (C=O) groups is 2. The van der Waals surface area contributed by atoms with Gasteiger partial charge in [-0.25, -0.2) is 9.59 Å². The maximum Gasteiger partial charge on any atom is 0.338 e. The Morgan fingerprint density at radius 3 is 2.29 bits per heavy atom. The molecule has 0 aliphatic carbocycles. The molecule has 0 saturated heterocycles. The molecule has 0 bridgehead atoms. The van der Waals surface area contributed by atoms with E-state index in [1.807, 2.05) is 0 Å². The fourth-order valence-corrected chi connectivity index (χ4v) is 1.69. The molecule has 0 aromatic heterocycles. The smallest absolute Gasteiger partial charge is 0.338 e. The maximum atomic E-state index is 11.0. The van der Waals surface area contributed by atoms with Crippen LogP contribution >= 0.6 is 0 Å². The van der Waals surface area contributed by atoms with Crippen LogP contribution in [0.1, 0.15) is 20.7 Å². The summed E-state index contributed by atoms with van der Waals surface area (Å²) in [6, 6.07) is 7.02. The number of fused-ring (bicyclic) bond motifs is 1. The molecule has 2 aromatic carbocycles. The minimum absolute atomic E-state index is 0.0894. The minimum Gasteiger partial charge on any atom is -0.478 e. The maximum absolute atomic E-state index is 11.0. The summed E-state index contributed by atoms with van der Waals surface area (Å²) in [5.41, 5.74) is 7.41. The lowest BCUT2D eigenvalue weighted by Crippen LogP contribution is -2.01. The van der Waals surface area contributed by atoms with E-state index in [2.05, 4.69) is 0 Å². The van der Waals surface area contributed by atoms with E-state index in [1.54, 1.807) is 0 Å².